The van der Waals surface area contributed by atoms with Gasteiger partial charge in [-0.2, -0.15) is 5.10 Å². The van der Waals surface area contributed by atoms with Crippen molar-refractivity contribution in [1.82, 2.24) is 9.97 Å². The molecule has 3 rings (SSSR count). The normalized spacial score (nSPS) is 12.1. The second-order valence-electron chi connectivity index (χ2n) is 3.92. The predicted octanol–water partition coefficient (Wildman–Crippen LogP) is 1.36. The van der Waals surface area contributed by atoms with Gasteiger partial charge in [-0.15, -0.1) is 0 Å². The van der Waals surface area contributed by atoms with Gasteiger partial charge in [0.25, 0.3) is 0 Å². The van der Waals surface area contributed by atoms with Gasteiger partial charge in [-0.05, 0) is 12.1 Å². The molecule has 0 radical (unpaired) electrons. The molecule has 4 N–H and O–H groups in total. The first-order valence-electron chi connectivity index (χ1n) is 5.48. The molecule has 0 fully saturated rings. The molecule has 0 saturated carbocycles. The molecule has 1 aromatic carbocycles. The number of hydrogen-bond donors (Lipinski definition) is 2. The van der Waals surface area contributed by atoms with Gasteiger partial charge in [-0.25, -0.2) is 4.98 Å². The fraction of sp³-hybridized carbons (Fsp3) is 0. The van der Waals surface area contributed by atoms with Crippen LogP contribution in [0.4, 0.5) is 0 Å². The molecule has 0 saturated heterocycles. The van der Waals surface area contributed by atoms with Crippen molar-refractivity contribution in [3.63, 3.8) is 0 Å². The van der Waals surface area contributed by atoms with Crippen LogP contribution in [0.1, 0.15) is 5.69 Å². The van der Waals surface area contributed by atoms with Gasteiger partial charge in [0.05, 0.1) is 11.0 Å². The summed E-state index contributed by atoms with van der Waals surface area (Å²) in [6.45, 7) is 0. The summed E-state index contributed by atoms with van der Waals surface area (Å²) >= 11 is 0. The molecule has 0 unspecified atom stereocenters. The molecular weight excluding hydrogens is 226 g/mol. The lowest BCUT2D eigenvalue weighted by Gasteiger charge is -2.04. The van der Waals surface area contributed by atoms with E-state index >= 15 is 0 Å². The summed E-state index contributed by atoms with van der Waals surface area (Å²) in [6.07, 6.45) is 1.75. The van der Waals surface area contributed by atoms with E-state index in [0.717, 1.165) is 21.8 Å². The van der Waals surface area contributed by atoms with Crippen LogP contribution in [-0.4, -0.2) is 15.8 Å². The molecule has 0 aliphatic carbocycles. The highest BCUT2D eigenvalue weighted by molar-refractivity contribution is 6.05. The van der Waals surface area contributed by atoms with Crippen LogP contribution in [0.2, 0.25) is 0 Å². The lowest BCUT2D eigenvalue weighted by Crippen LogP contribution is -2.17. The van der Waals surface area contributed by atoms with E-state index in [1.807, 2.05) is 30.3 Å². The molecule has 0 aliphatic rings. The number of amidine groups is 1. The highest BCUT2D eigenvalue weighted by atomic mass is 15.2. The average Bonchev–Trinajstić information content (AvgIpc) is 2.45. The average molecular weight is 237 g/mol. The lowest BCUT2D eigenvalue weighted by molar-refractivity contribution is 1.21. The third kappa shape index (κ3) is 1.53. The number of hydrazone groups is 1. The molecule has 0 spiro atoms. The van der Waals surface area contributed by atoms with Gasteiger partial charge < -0.3 is 11.6 Å². The highest BCUT2D eigenvalue weighted by Crippen LogP contribution is 2.21. The van der Waals surface area contributed by atoms with E-state index < -0.39 is 0 Å². The molecule has 0 bridgehead atoms. The van der Waals surface area contributed by atoms with E-state index in [4.69, 9.17) is 11.6 Å². The fourth-order valence-corrected chi connectivity index (χ4v) is 1.93. The molecule has 2 heterocycles. The van der Waals surface area contributed by atoms with Gasteiger partial charge >= 0.3 is 0 Å². The van der Waals surface area contributed by atoms with Crippen LogP contribution in [0.15, 0.2) is 47.7 Å². The van der Waals surface area contributed by atoms with E-state index in [1.165, 1.54) is 0 Å². The summed E-state index contributed by atoms with van der Waals surface area (Å²) in [5, 5.41) is 5.51. The van der Waals surface area contributed by atoms with Crippen molar-refractivity contribution in [2.24, 2.45) is 16.7 Å². The Kier molecular flexibility index (Phi) is 2.30. The molecule has 2 aromatic heterocycles. The van der Waals surface area contributed by atoms with Gasteiger partial charge in [0.2, 0.25) is 0 Å². The number of aromatic nitrogens is 2. The Labute approximate surface area is 103 Å². The van der Waals surface area contributed by atoms with Gasteiger partial charge in [0, 0.05) is 17.0 Å². The number of fused-ring (bicyclic) bond motifs is 3. The zero-order chi connectivity index (χ0) is 12.5. The van der Waals surface area contributed by atoms with Crippen LogP contribution in [-0.2, 0) is 0 Å². The quantitative estimate of drug-likeness (QED) is 0.220. The minimum absolute atomic E-state index is 0.213. The van der Waals surface area contributed by atoms with E-state index in [1.54, 1.807) is 12.3 Å². The Bertz CT molecular complexity index is 764. The van der Waals surface area contributed by atoms with Crippen molar-refractivity contribution in [2.45, 2.75) is 0 Å². The van der Waals surface area contributed by atoms with Crippen molar-refractivity contribution in [1.29, 1.82) is 0 Å². The molecule has 18 heavy (non-hydrogen) atoms. The summed E-state index contributed by atoms with van der Waals surface area (Å²) in [6, 6.07) is 11.6. The Morgan fingerprint density at radius 2 is 1.72 bits per heavy atom. The molecule has 0 aliphatic heterocycles. The molecule has 0 atom stereocenters. The SMILES string of the molecule is N/N=C(\N)c1ccc2ccc3cccnc3c2n1. The van der Waals surface area contributed by atoms with Crippen LogP contribution in [0.3, 0.4) is 0 Å². The first-order chi connectivity index (χ1) is 8.79. The number of pyridine rings is 2. The van der Waals surface area contributed by atoms with E-state index in [9.17, 15) is 0 Å². The highest BCUT2D eigenvalue weighted by Gasteiger charge is 2.06. The lowest BCUT2D eigenvalue weighted by atomic mass is 10.1. The predicted molar refractivity (Wildman–Crippen MR) is 72.0 cm³/mol. The third-order valence-electron chi connectivity index (χ3n) is 2.83. The second-order valence-corrected chi connectivity index (χ2v) is 3.92. The van der Waals surface area contributed by atoms with Crippen molar-refractivity contribution in [3.05, 3.63) is 48.3 Å². The van der Waals surface area contributed by atoms with Crippen LogP contribution in [0.5, 0.6) is 0 Å². The smallest absolute Gasteiger partial charge is 0.168 e. The van der Waals surface area contributed by atoms with Crippen molar-refractivity contribution < 1.29 is 0 Å². The number of nitrogens with two attached hydrogens (primary N) is 2. The number of nitrogens with zero attached hydrogens (tertiary/aromatic N) is 3. The Morgan fingerprint density at radius 1 is 1.00 bits per heavy atom. The number of rotatable bonds is 1. The fourth-order valence-electron chi connectivity index (χ4n) is 1.93. The Balaban J connectivity index is 2.40. The van der Waals surface area contributed by atoms with Gasteiger partial charge in [0.15, 0.2) is 5.84 Å². The largest absolute Gasteiger partial charge is 0.380 e. The summed E-state index contributed by atoms with van der Waals surface area (Å²) < 4.78 is 0. The van der Waals surface area contributed by atoms with Crippen molar-refractivity contribution >= 4 is 27.6 Å². The Morgan fingerprint density at radius 3 is 2.50 bits per heavy atom. The zero-order valence-corrected chi connectivity index (χ0v) is 9.54. The number of hydrogen-bond acceptors (Lipinski definition) is 4. The zero-order valence-electron chi connectivity index (χ0n) is 9.54. The molecule has 88 valence electrons. The third-order valence-corrected chi connectivity index (χ3v) is 2.83. The summed E-state index contributed by atoms with van der Waals surface area (Å²) in [7, 11) is 0. The molecule has 5 heteroatoms. The van der Waals surface area contributed by atoms with E-state index in [0.29, 0.717) is 5.69 Å². The van der Waals surface area contributed by atoms with Crippen LogP contribution < -0.4 is 11.6 Å². The minimum Gasteiger partial charge on any atom is -0.380 e. The topological polar surface area (TPSA) is 90.2 Å². The molecule has 0 amide bonds. The van der Waals surface area contributed by atoms with E-state index in [-0.39, 0.29) is 5.84 Å². The maximum Gasteiger partial charge on any atom is 0.168 e. The monoisotopic (exact) mass is 237 g/mol. The molecule has 3 aromatic rings. The van der Waals surface area contributed by atoms with Crippen LogP contribution in [0, 0.1) is 0 Å². The first-order valence-corrected chi connectivity index (χ1v) is 5.48. The maximum atomic E-state index is 5.67. The van der Waals surface area contributed by atoms with Crippen molar-refractivity contribution in [3.8, 4) is 0 Å². The minimum atomic E-state index is 0.213. The number of benzene rings is 1. The van der Waals surface area contributed by atoms with E-state index in [2.05, 4.69) is 15.1 Å². The molecule has 5 nitrogen and oxygen atoms in total. The summed E-state index contributed by atoms with van der Waals surface area (Å²) in [5.74, 6) is 5.38. The van der Waals surface area contributed by atoms with Gasteiger partial charge in [-0.1, -0.05) is 24.3 Å². The van der Waals surface area contributed by atoms with Crippen LogP contribution >= 0.6 is 0 Å². The second kappa shape index (κ2) is 3.96. The summed E-state index contributed by atoms with van der Waals surface area (Å²) in [4.78, 5) is 8.84. The first kappa shape index (κ1) is 10.5. The molecular formula is C13H11N5. The maximum absolute atomic E-state index is 5.67. The van der Waals surface area contributed by atoms with Gasteiger partial charge in [-0.3, -0.25) is 4.98 Å². The Hall–Kier alpha value is -2.69. The van der Waals surface area contributed by atoms with Gasteiger partial charge in [0.1, 0.15) is 5.69 Å². The van der Waals surface area contributed by atoms with Crippen LogP contribution in [0.25, 0.3) is 21.8 Å². The summed E-state index contributed by atoms with van der Waals surface area (Å²) in [5.41, 5.74) is 7.88. The standard InChI is InChI=1S/C13H11N5/c14-13(18-15)10-6-5-9-4-3-8-2-1-7-16-11(8)12(9)17-10/h1-7H,15H2,(H2,14,18). The van der Waals surface area contributed by atoms with Crippen molar-refractivity contribution in [2.75, 3.05) is 0 Å².